The van der Waals surface area contributed by atoms with E-state index >= 15 is 0 Å². The molecule has 0 aromatic heterocycles. The van der Waals surface area contributed by atoms with Crippen molar-refractivity contribution in [1.29, 1.82) is 0 Å². The number of ether oxygens (including phenoxy) is 1. The fourth-order valence-electron chi connectivity index (χ4n) is 1.61. The van der Waals surface area contributed by atoms with Crippen molar-refractivity contribution in [1.82, 2.24) is 5.43 Å². The third kappa shape index (κ3) is 4.66. The molecule has 0 unspecified atom stereocenters. The van der Waals surface area contributed by atoms with Gasteiger partial charge in [0, 0.05) is 10.5 Å². The molecule has 0 radical (unpaired) electrons. The molecule has 1 amide bonds. The molecule has 2 aromatic rings. The maximum Gasteiger partial charge on any atom is 0.344 e. The van der Waals surface area contributed by atoms with Gasteiger partial charge in [-0.25, -0.2) is 10.2 Å². The van der Waals surface area contributed by atoms with Gasteiger partial charge in [0.25, 0.3) is 0 Å². The van der Waals surface area contributed by atoms with Crippen LogP contribution in [-0.4, -0.2) is 18.1 Å². The second kappa shape index (κ2) is 7.69. The van der Waals surface area contributed by atoms with Crippen LogP contribution in [0.15, 0.2) is 53.6 Å². The van der Waals surface area contributed by atoms with Gasteiger partial charge in [-0.3, -0.25) is 4.79 Å². The lowest BCUT2D eigenvalue weighted by molar-refractivity contribution is -0.118. The van der Waals surface area contributed by atoms with Gasteiger partial charge in [-0.15, -0.1) is 0 Å². The molecular formula is C16H13IN2O3. The quantitative estimate of drug-likeness (QED) is 0.278. The van der Waals surface area contributed by atoms with E-state index in [4.69, 9.17) is 4.74 Å². The highest BCUT2D eigenvalue weighted by atomic mass is 127. The van der Waals surface area contributed by atoms with Crippen LogP contribution < -0.4 is 10.2 Å². The Balaban J connectivity index is 2.02. The molecule has 0 aliphatic rings. The summed E-state index contributed by atoms with van der Waals surface area (Å²) in [5.41, 5.74) is 3.62. The fraction of sp³-hybridized carbons (Fsp3) is 0.0625. The van der Waals surface area contributed by atoms with Crippen LogP contribution in [0.3, 0.4) is 0 Å². The van der Waals surface area contributed by atoms with Crippen molar-refractivity contribution in [3.63, 3.8) is 0 Å². The molecule has 6 heteroatoms. The van der Waals surface area contributed by atoms with Crippen LogP contribution >= 0.6 is 22.6 Å². The third-order valence-corrected chi connectivity index (χ3v) is 3.56. The summed E-state index contributed by atoms with van der Waals surface area (Å²) in [5, 5.41) is 3.76. The Morgan fingerprint density at radius 2 is 1.82 bits per heavy atom. The summed E-state index contributed by atoms with van der Waals surface area (Å²) in [6, 6.07) is 14.0. The highest BCUT2D eigenvalue weighted by molar-refractivity contribution is 14.1. The second-order valence-corrected chi connectivity index (χ2v) is 5.53. The summed E-state index contributed by atoms with van der Waals surface area (Å²) in [6.07, 6.45) is 1.51. The first kappa shape index (κ1) is 16.2. The SMILES string of the molecule is CC(=O)NN=Cc1ccc(OC(=O)c2ccccc2I)cc1. The molecule has 112 valence electrons. The lowest BCUT2D eigenvalue weighted by Crippen LogP contribution is -2.12. The van der Waals surface area contributed by atoms with E-state index in [1.54, 1.807) is 36.4 Å². The topological polar surface area (TPSA) is 67.8 Å². The van der Waals surface area contributed by atoms with Crippen molar-refractivity contribution in [2.75, 3.05) is 0 Å². The van der Waals surface area contributed by atoms with Crippen LogP contribution in [0.25, 0.3) is 0 Å². The van der Waals surface area contributed by atoms with Gasteiger partial charge in [-0.05, 0) is 64.6 Å². The number of hydrogen-bond donors (Lipinski definition) is 1. The molecule has 0 aliphatic heterocycles. The summed E-state index contributed by atoms with van der Waals surface area (Å²) in [5.74, 6) is -0.190. The molecule has 5 nitrogen and oxygen atoms in total. The lowest BCUT2D eigenvalue weighted by Gasteiger charge is -2.06. The van der Waals surface area contributed by atoms with Crippen molar-refractivity contribution >= 4 is 40.7 Å². The van der Waals surface area contributed by atoms with Crippen molar-refractivity contribution < 1.29 is 14.3 Å². The lowest BCUT2D eigenvalue weighted by atomic mass is 10.2. The highest BCUT2D eigenvalue weighted by Gasteiger charge is 2.11. The highest BCUT2D eigenvalue weighted by Crippen LogP contribution is 2.16. The molecule has 0 fully saturated rings. The number of nitrogens with one attached hydrogen (secondary N) is 1. The van der Waals surface area contributed by atoms with Crippen LogP contribution in [0.5, 0.6) is 5.75 Å². The van der Waals surface area contributed by atoms with E-state index < -0.39 is 5.97 Å². The molecule has 0 atom stereocenters. The first-order chi connectivity index (χ1) is 10.6. The smallest absolute Gasteiger partial charge is 0.344 e. The normalized spacial score (nSPS) is 10.5. The van der Waals surface area contributed by atoms with E-state index in [1.807, 2.05) is 12.1 Å². The number of benzene rings is 2. The number of carbonyl (C=O) groups excluding carboxylic acids is 2. The van der Waals surface area contributed by atoms with Gasteiger partial charge >= 0.3 is 5.97 Å². The number of amides is 1. The predicted molar refractivity (Wildman–Crippen MR) is 92.0 cm³/mol. The summed E-state index contributed by atoms with van der Waals surface area (Å²) in [7, 11) is 0. The van der Waals surface area contributed by atoms with E-state index in [0.717, 1.165) is 9.13 Å². The number of esters is 1. The average molecular weight is 408 g/mol. The Kier molecular flexibility index (Phi) is 5.65. The van der Waals surface area contributed by atoms with E-state index in [-0.39, 0.29) is 5.91 Å². The molecule has 22 heavy (non-hydrogen) atoms. The van der Waals surface area contributed by atoms with Crippen LogP contribution in [0, 0.1) is 3.57 Å². The first-order valence-corrected chi connectivity index (χ1v) is 7.50. The molecule has 0 heterocycles. The van der Waals surface area contributed by atoms with Crippen molar-refractivity contribution in [2.45, 2.75) is 6.92 Å². The minimum atomic E-state index is -0.398. The molecule has 0 aliphatic carbocycles. The zero-order valence-corrected chi connectivity index (χ0v) is 13.9. The number of hydrogen-bond acceptors (Lipinski definition) is 4. The van der Waals surface area contributed by atoms with E-state index in [1.165, 1.54) is 13.1 Å². The number of carbonyl (C=O) groups is 2. The second-order valence-electron chi connectivity index (χ2n) is 4.36. The molecule has 0 bridgehead atoms. The standard InChI is InChI=1S/C16H13IN2O3/c1-11(20)19-18-10-12-6-8-13(9-7-12)22-16(21)14-4-2-3-5-15(14)17/h2-10H,1H3,(H,19,20). The summed E-state index contributed by atoms with van der Waals surface area (Å²) >= 11 is 2.09. The fourth-order valence-corrected chi connectivity index (χ4v) is 2.22. The van der Waals surface area contributed by atoms with E-state index in [9.17, 15) is 9.59 Å². The maximum absolute atomic E-state index is 12.1. The molecule has 1 N–H and O–H groups in total. The van der Waals surface area contributed by atoms with Crippen molar-refractivity contribution in [2.24, 2.45) is 5.10 Å². The van der Waals surface area contributed by atoms with Gasteiger partial charge < -0.3 is 4.74 Å². The number of hydrazone groups is 1. The molecular weight excluding hydrogens is 395 g/mol. The van der Waals surface area contributed by atoms with Crippen LogP contribution in [0.4, 0.5) is 0 Å². The van der Waals surface area contributed by atoms with Gasteiger partial charge in [0.15, 0.2) is 0 Å². The Labute approximate surface area is 141 Å². The van der Waals surface area contributed by atoms with Crippen LogP contribution in [-0.2, 0) is 4.79 Å². The zero-order chi connectivity index (χ0) is 15.9. The monoisotopic (exact) mass is 408 g/mol. The third-order valence-electron chi connectivity index (χ3n) is 2.62. The largest absolute Gasteiger partial charge is 0.423 e. The van der Waals surface area contributed by atoms with Gasteiger partial charge in [0.2, 0.25) is 5.91 Å². The number of nitrogens with zero attached hydrogens (tertiary/aromatic N) is 1. The molecule has 0 saturated carbocycles. The molecule has 0 spiro atoms. The van der Waals surface area contributed by atoms with Gasteiger partial charge in [0.1, 0.15) is 5.75 Å². The van der Waals surface area contributed by atoms with Crippen molar-refractivity contribution in [3.05, 3.63) is 63.2 Å². The predicted octanol–water partition coefficient (Wildman–Crippen LogP) is 2.98. The number of halogens is 1. The maximum atomic E-state index is 12.1. The molecule has 2 aromatic carbocycles. The Hall–Kier alpha value is -2.22. The summed E-state index contributed by atoms with van der Waals surface area (Å²) in [6.45, 7) is 1.38. The minimum Gasteiger partial charge on any atom is -0.423 e. The molecule has 2 rings (SSSR count). The van der Waals surface area contributed by atoms with E-state index in [0.29, 0.717) is 11.3 Å². The Morgan fingerprint density at radius 3 is 2.45 bits per heavy atom. The average Bonchev–Trinajstić information content (AvgIpc) is 2.49. The Morgan fingerprint density at radius 1 is 1.14 bits per heavy atom. The van der Waals surface area contributed by atoms with Crippen LogP contribution in [0.1, 0.15) is 22.8 Å². The summed E-state index contributed by atoms with van der Waals surface area (Å²) < 4.78 is 6.16. The van der Waals surface area contributed by atoms with Crippen LogP contribution in [0.2, 0.25) is 0 Å². The molecule has 0 saturated heterocycles. The van der Waals surface area contributed by atoms with Gasteiger partial charge in [0.05, 0.1) is 11.8 Å². The number of rotatable bonds is 4. The minimum absolute atomic E-state index is 0.237. The van der Waals surface area contributed by atoms with E-state index in [2.05, 4.69) is 33.1 Å². The summed E-state index contributed by atoms with van der Waals surface area (Å²) in [4.78, 5) is 22.8. The first-order valence-electron chi connectivity index (χ1n) is 6.42. The van der Waals surface area contributed by atoms with Gasteiger partial charge in [-0.2, -0.15) is 5.10 Å². The Bertz CT molecular complexity index is 712. The van der Waals surface area contributed by atoms with Gasteiger partial charge in [-0.1, -0.05) is 12.1 Å². The van der Waals surface area contributed by atoms with Crippen molar-refractivity contribution in [3.8, 4) is 5.75 Å². The zero-order valence-electron chi connectivity index (χ0n) is 11.7.